The van der Waals surface area contributed by atoms with Crippen molar-refractivity contribution in [2.75, 3.05) is 6.61 Å². The number of esters is 1. The summed E-state index contributed by atoms with van der Waals surface area (Å²) in [6.07, 6.45) is -1.09. The van der Waals surface area contributed by atoms with Crippen LogP contribution in [0, 0.1) is 17.2 Å². The number of benzene rings is 1. The molecular formula is C21H26N2O5. The Balaban J connectivity index is 2.20. The average Bonchev–Trinajstić information content (AvgIpc) is 3.04. The maximum atomic E-state index is 12.7. The van der Waals surface area contributed by atoms with E-state index in [0.717, 1.165) is 5.39 Å². The lowest BCUT2D eigenvalue weighted by Crippen LogP contribution is -2.52. The minimum Gasteiger partial charge on any atom is -0.449 e. The molecule has 1 N–H and O–H groups in total. The third kappa shape index (κ3) is 4.52. The van der Waals surface area contributed by atoms with Crippen molar-refractivity contribution in [3.05, 3.63) is 35.6 Å². The molecule has 1 aromatic carbocycles. The summed E-state index contributed by atoms with van der Waals surface area (Å²) in [4.78, 5) is 25.1. The Morgan fingerprint density at radius 2 is 1.96 bits per heavy atom. The minimum atomic E-state index is -1.09. The molecule has 7 heteroatoms. The lowest BCUT2D eigenvalue weighted by Gasteiger charge is -2.28. The van der Waals surface area contributed by atoms with E-state index in [1.165, 1.54) is 6.92 Å². The zero-order valence-corrected chi connectivity index (χ0v) is 16.9. The highest BCUT2D eigenvalue weighted by atomic mass is 16.6. The van der Waals surface area contributed by atoms with E-state index in [-0.39, 0.29) is 18.3 Å². The molecular weight excluding hydrogens is 360 g/mol. The van der Waals surface area contributed by atoms with Crippen molar-refractivity contribution in [3.8, 4) is 6.07 Å². The molecule has 0 aliphatic heterocycles. The van der Waals surface area contributed by atoms with E-state index in [1.54, 1.807) is 19.1 Å². The highest BCUT2D eigenvalue weighted by Crippen LogP contribution is 2.27. The first-order valence-electron chi connectivity index (χ1n) is 9.25. The van der Waals surface area contributed by atoms with E-state index in [0.29, 0.717) is 17.8 Å². The van der Waals surface area contributed by atoms with E-state index in [9.17, 15) is 14.9 Å². The zero-order valence-electron chi connectivity index (χ0n) is 16.9. The van der Waals surface area contributed by atoms with E-state index in [4.69, 9.17) is 13.9 Å². The zero-order chi connectivity index (χ0) is 20.9. The second kappa shape index (κ2) is 8.89. The number of carbonyl (C=O) groups excluding carboxylic acids is 2. The Kier molecular flexibility index (Phi) is 6.81. The molecule has 0 unspecified atom stereocenters. The van der Waals surface area contributed by atoms with Gasteiger partial charge in [-0.05, 0) is 32.8 Å². The summed E-state index contributed by atoms with van der Waals surface area (Å²) in [5.41, 5.74) is 0.0641. The third-order valence-corrected chi connectivity index (χ3v) is 4.76. The van der Waals surface area contributed by atoms with Crippen LogP contribution in [-0.4, -0.2) is 30.1 Å². The van der Waals surface area contributed by atoms with Crippen LogP contribution in [0.25, 0.3) is 11.0 Å². The first-order chi connectivity index (χ1) is 13.2. The van der Waals surface area contributed by atoms with Gasteiger partial charge < -0.3 is 19.2 Å². The van der Waals surface area contributed by atoms with Crippen LogP contribution in [0.3, 0.4) is 0 Å². The van der Waals surface area contributed by atoms with Crippen LogP contribution in [-0.2, 0) is 20.9 Å². The largest absolute Gasteiger partial charge is 0.449 e. The quantitative estimate of drug-likeness (QED) is 0.696. The summed E-state index contributed by atoms with van der Waals surface area (Å²) >= 11 is 0. The smallest absolute Gasteiger partial charge is 0.375 e. The van der Waals surface area contributed by atoms with Crippen LogP contribution in [0.4, 0.5) is 0 Å². The lowest BCUT2D eigenvalue weighted by molar-refractivity contribution is -0.130. The molecule has 0 saturated heterocycles. The predicted octanol–water partition coefficient (Wildman–Crippen LogP) is 3.57. The second-order valence-corrected chi connectivity index (χ2v) is 7.05. The van der Waals surface area contributed by atoms with E-state index in [2.05, 4.69) is 11.4 Å². The number of furan rings is 1. The molecule has 2 rings (SSSR count). The van der Waals surface area contributed by atoms with E-state index >= 15 is 0 Å². The molecule has 1 aromatic heterocycles. The Hall–Kier alpha value is -2.85. The molecule has 2 aromatic rings. The molecule has 0 fully saturated rings. The fraction of sp³-hybridized carbons (Fsp3) is 0.476. The Morgan fingerprint density at radius 3 is 2.57 bits per heavy atom. The summed E-state index contributed by atoms with van der Waals surface area (Å²) in [6.45, 7) is 9.27. The highest BCUT2D eigenvalue weighted by Gasteiger charge is 2.33. The molecule has 0 aliphatic carbocycles. The van der Waals surface area contributed by atoms with Gasteiger partial charge in [0.25, 0.3) is 5.91 Å². The highest BCUT2D eigenvalue weighted by molar-refractivity contribution is 5.97. The summed E-state index contributed by atoms with van der Waals surface area (Å²) in [6, 6.07) is 9.32. The van der Waals surface area contributed by atoms with Crippen molar-refractivity contribution in [3.63, 3.8) is 0 Å². The average molecular weight is 386 g/mol. The maximum absolute atomic E-state index is 12.7. The van der Waals surface area contributed by atoms with Crippen molar-refractivity contribution < 1.29 is 23.5 Å². The van der Waals surface area contributed by atoms with Crippen LogP contribution in [0.1, 0.15) is 50.7 Å². The molecule has 0 spiro atoms. The number of hydrogen-bond donors (Lipinski definition) is 1. The topological polar surface area (TPSA) is 102 Å². The predicted molar refractivity (Wildman–Crippen MR) is 103 cm³/mol. The van der Waals surface area contributed by atoms with Gasteiger partial charge in [0.2, 0.25) is 5.76 Å². The number of nitrogens with one attached hydrogen (secondary N) is 1. The number of para-hydroxylation sites is 1. The van der Waals surface area contributed by atoms with Gasteiger partial charge in [-0.25, -0.2) is 4.79 Å². The van der Waals surface area contributed by atoms with Crippen LogP contribution < -0.4 is 5.32 Å². The van der Waals surface area contributed by atoms with Gasteiger partial charge in [0, 0.05) is 17.6 Å². The number of ether oxygens (including phenoxy) is 2. The van der Waals surface area contributed by atoms with Gasteiger partial charge in [0.05, 0.1) is 12.7 Å². The molecule has 28 heavy (non-hydrogen) atoms. The summed E-state index contributed by atoms with van der Waals surface area (Å²) in [7, 11) is 0. The molecule has 0 bridgehead atoms. The number of hydrogen-bond acceptors (Lipinski definition) is 6. The molecule has 1 amide bonds. The molecule has 150 valence electrons. The fourth-order valence-electron chi connectivity index (χ4n) is 2.54. The molecule has 7 nitrogen and oxygen atoms in total. The minimum absolute atomic E-state index is 0.0150. The van der Waals surface area contributed by atoms with Crippen LogP contribution in [0.5, 0.6) is 0 Å². The Bertz CT molecular complexity index is 896. The van der Waals surface area contributed by atoms with Gasteiger partial charge in [0.1, 0.15) is 11.1 Å². The van der Waals surface area contributed by atoms with Gasteiger partial charge in [-0.3, -0.25) is 4.79 Å². The number of rotatable bonds is 8. The van der Waals surface area contributed by atoms with Crippen LogP contribution in [0.2, 0.25) is 0 Å². The van der Waals surface area contributed by atoms with Gasteiger partial charge in [-0.2, -0.15) is 5.26 Å². The fourth-order valence-corrected chi connectivity index (χ4v) is 2.54. The van der Waals surface area contributed by atoms with Gasteiger partial charge >= 0.3 is 5.97 Å². The van der Waals surface area contributed by atoms with E-state index in [1.807, 2.05) is 32.9 Å². The van der Waals surface area contributed by atoms with Crippen molar-refractivity contribution in [2.24, 2.45) is 5.92 Å². The lowest BCUT2D eigenvalue weighted by atomic mass is 9.90. The summed E-state index contributed by atoms with van der Waals surface area (Å²) in [5, 5.41) is 12.7. The molecule has 2 atom stereocenters. The van der Waals surface area contributed by atoms with Crippen LogP contribution in [0.15, 0.2) is 28.7 Å². The first kappa shape index (κ1) is 21.5. The number of nitriles is 1. The molecule has 1 heterocycles. The van der Waals surface area contributed by atoms with Gasteiger partial charge in [-0.1, -0.05) is 32.0 Å². The van der Waals surface area contributed by atoms with Crippen molar-refractivity contribution in [2.45, 2.75) is 52.9 Å². The number of carbonyl (C=O) groups is 2. The summed E-state index contributed by atoms with van der Waals surface area (Å²) < 4.78 is 16.4. The Labute approximate surface area is 164 Å². The number of fused-ring (bicyclic) bond motifs is 1. The SMILES string of the molecule is CCOCc1c(C(=O)O[C@H](C)C(=O)N[C@@](C)(C#N)C(C)C)oc2ccccc12. The monoisotopic (exact) mass is 386 g/mol. The Morgan fingerprint density at radius 1 is 1.29 bits per heavy atom. The normalized spacial score (nSPS) is 14.3. The van der Waals surface area contributed by atoms with Crippen molar-refractivity contribution >= 4 is 22.8 Å². The maximum Gasteiger partial charge on any atom is 0.375 e. The van der Waals surface area contributed by atoms with Gasteiger partial charge in [0.15, 0.2) is 6.10 Å². The molecule has 0 radical (unpaired) electrons. The third-order valence-electron chi connectivity index (χ3n) is 4.76. The van der Waals surface area contributed by atoms with Gasteiger partial charge in [-0.15, -0.1) is 0 Å². The first-order valence-corrected chi connectivity index (χ1v) is 9.25. The van der Waals surface area contributed by atoms with Crippen molar-refractivity contribution in [1.29, 1.82) is 5.26 Å². The number of nitrogens with zero attached hydrogens (tertiary/aromatic N) is 1. The van der Waals surface area contributed by atoms with Crippen molar-refractivity contribution in [1.82, 2.24) is 5.32 Å². The van der Waals surface area contributed by atoms with E-state index < -0.39 is 23.5 Å². The van der Waals surface area contributed by atoms with Crippen LogP contribution >= 0.6 is 0 Å². The second-order valence-electron chi connectivity index (χ2n) is 7.05. The summed E-state index contributed by atoms with van der Waals surface area (Å²) in [5.74, 6) is -1.40. The molecule has 0 saturated carbocycles. The standard InChI is InChI=1S/C21H26N2O5/c1-6-26-11-16-15-9-7-8-10-17(15)28-18(16)20(25)27-14(4)19(24)23-21(5,12-22)13(2)3/h7-10,13-14H,6,11H2,1-5H3,(H,23,24)/t14-,21+/m1/s1. The molecule has 0 aliphatic rings. The number of amides is 1.